The summed E-state index contributed by atoms with van der Waals surface area (Å²) in [6, 6.07) is 18.3. The van der Waals surface area contributed by atoms with Gasteiger partial charge in [0, 0.05) is 0 Å². The lowest BCUT2D eigenvalue weighted by Gasteiger charge is -2.07. The van der Waals surface area contributed by atoms with Gasteiger partial charge in [0.25, 0.3) is 0 Å². The average Bonchev–Trinajstić information content (AvgIpc) is 2.73. The number of hydrogen-bond acceptors (Lipinski definition) is 2. The molecule has 0 saturated heterocycles. The van der Waals surface area contributed by atoms with E-state index in [1.54, 1.807) is 36.4 Å². The van der Waals surface area contributed by atoms with Crippen molar-refractivity contribution >= 4 is 18.1 Å². The molecule has 0 saturated carbocycles. The van der Waals surface area contributed by atoms with Crippen LogP contribution in [0, 0.1) is 0 Å². The maximum absolute atomic E-state index is 12.8. The Morgan fingerprint density at radius 1 is 0.828 bits per heavy atom. The highest BCUT2D eigenvalue weighted by molar-refractivity contribution is 5.89. The Hall–Kier alpha value is -3.80. The Morgan fingerprint density at radius 2 is 1.48 bits per heavy atom. The third-order valence-corrected chi connectivity index (χ3v) is 4.10. The predicted octanol–water partition coefficient (Wildman–Crippen LogP) is 6.64. The molecule has 0 radical (unpaired) electrons. The number of benzene rings is 3. The molecule has 0 fully saturated rings. The number of carboxylic acid groups (broad SMARTS) is 1. The van der Waals surface area contributed by atoms with Gasteiger partial charge in [0.1, 0.15) is 5.75 Å². The van der Waals surface area contributed by atoms with Gasteiger partial charge < -0.3 is 9.84 Å². The van der Waals surface area contributed by atoms with E-state index >= 15 is 0 Å². The van der Waals surface area contributed by atoms with E-state index < -0.39 is 18.1 Å². The summed E-state index contributed by atoms with van der Waals surface area (Å²) in [5, 5.41) is 9.03. The summed E-state index contributed by atoms with van der Waals surface area (Å²) in [7, 11) is 0. The zero-order valence-electron chi connectivity index (χ0n) is 15.0. The van der Waals surface area contributed by atoms with E-state index in [1.807, 2.05) is 36.4 Å². The molecule has 0 aromatic heterocycles. The van der Waals surface area contributed by atoms with Gasteiger partial charge in [0.05, 0.1) is 5.56 Å². The second-order valence-corrected chi connectivity index (χ2v) is 6.01. The molecule has 0 bridgehead atoms. The summed E-state index contributed by atoms with van der Waals surface area (Å²) in [6.07, 6.45) is 1.18. The molecule has 0 spiro atoms. The molecule has 3 aromatic carbocycles. The minimum Gasteiger partial charge on any atom is -0.478 e. The van der Waals surface area contributed by atoms with Crippen molar-refractivity contribution in [2.24, 2.45) is 0 Å². The van der Waals surface area contributed by atoms with E-state index in [2.05, 4.69) is 4.74 Å². The van der Waals surface area contributed by atoms with Crippen LogP contribution in [0.5, 0.6) is 5.75 Å². The largest absolute Gasteiger partial charge is 0.478 e. The van der Waals surface area contributed by atoms with Crippen molar-refractivity contribution in [3.05, 3.63) is 102 Å². The minimum atomic E-state index is -2.51. The first-order chi connectivity index (χ1) is 13.9. The zero-order chi connectivity index (χ0) is 20.8. The number of halogens is 3. The lowest BCUT2D eigenvalue weighted by molar-refractivity contribution is 0.0697. The number of hydrogen-bond donors (Lipinski definition) is 1. The van der Waals surface area contributed by atoms with Crippen LogP contribution in [-0.2, 0) is 0 Å². The normalized spacial score (nSPS) is 10.7. The number of aromatic carboxylic acids is 1. The van der Waals surface area contributed by atoms with Crippen LogP contribution in [-0.4, -0.2) is 11.1 Å². The Morgan fingerprint density at radius 3 is 2.10 bits per heavy atom. The van der Waals surface area contributed by atoms with Crippen molar-refractivity contribution in [1.82, 2.24) is 0 Å². The van der Waals surface area contributed by atoms with Crippen LogP contribution < -0.4 is 4.74 Å². The lowest BCUT2D eigenvalue weighted by Crippen LogP contribution is -1.95. The molecule has 3 nitrogen and oxygen atoms in total. The second kappa shape index (κ2) is 8.93. The van der Waals surface area contributed by atoms with Gasteiger partial charge in [-0.3, -0.25) is 0 Å². The van der Waals surface area contributed by atoms with Gasteiger partial charge in [0.2, 0.25) is 0 Å². The molecule has 0 aliphatic rings. The van der Waals surface area contributed by atoms with Crippen LogP contribution in [0.1, 0.15) is 21.5 Å². The van der Waals surface area contributed by atoms with Gasteiger partial charge in [-0.15, -0.1) is 0 Å². The average molecular weight is 396 g/mol. The van der Waals surface area contributed by atoms with Crippen molar-refractivity contribution in [1.29, 1.82) is 0 Å². The first kappa shape index (κ1) is 19.9. The Bertz CT molecular complexity index is 1070. The summed E-state index contributed by atoms with van der Waals surface area (Å²) in [5.41, 5.74) is 3.67. The molecule has 146 valence electrons. The van der Waals surface area contributed by atoms with E-state index in [9.17, 15) is 18.0 Å². The molecule has 0 aliphatic carbocycles. The quantitative estimate of drug-likeness (QED) is 0.375. The molecule has 0 atom stereocenters. The number of rotatable bonds is 6. The highest BCUT2D eigenvalue weighted by atomic mass is 19.3. The number of carbonyl (C=O) groups is 1. The molecule has 6 heteroatoms. The fourth-order valence-corrected chi connectivity index (χ4v) is 2.67. The maximum atomic E-state index is 12.8. The van der Waals surface area contributed by atoms with Crippen LogP contribution in [0.15, 0.2) is 84.9 Å². The number of carboxylic acids is 1. The van der Waals surface area contributed by atoms with E-state index in [4.69, 9.17) is 5.11 Å². The Kier molecular flexibility index (Phi) is 6.14. The smallest absolute Gasteiger partial charge is 0.344 e. The van der Waals surface area contributed by atoms with Crippen LogP contribution in [0.4, 0.5) is 13.2 Å². The Labute approximate surface area is 165 Å². The summed E-state index contributed by atoms with van der Waals surface area (Å²) in [4.78, 5) is 11.0. The van der Waals surface area contributed by atoms with Crippen molar-refractivity contribution < 1.29 is 27.8 Å². The molecule has 0 heterocycles. The highest BCUT2D eigenvalue weighted by Gasteiger charge is 2.08. The van der Waals surface area contributed by atoms with Crippen molar-refractivity contribution in [2.75, 3.05) is 0 Å². The standard InChI is InChI=1S/C23H15F3O3/c24-21(25)22(26)29-19-13-6-15(7-14-19)5-8-16-3-1-2-4-20(16)17-9-11-18(12-10-17)23(27)28/h1-14H,(H,27,28). The third-order valence-electron chi connectivity index (χ3n) is 4.10. The SMILES string of the molecule is O=C(O)c1ccc(-c2ccccc2C=Cc2ccc(OC(F)=C(F)F)cc2)cc1. The predicted molar refractivity (Wildman–Crippen MR) is 105 cm³/mol. The summed E-state index contributed by atoms with van der Waals surface area (Å²) in [6.45, 7) is 0. The summed E-state index contributed by atoms with van der Waals surface area (Å²) < 4.78 is 41.4. The molecule has 0 unspecified atom stereocenters. The van der Waals surface area contributed by atoms with E-state index in [0.29, 0.717) is 0 Å². The molecule has 0 aliphatic heterocycles. The fraction of sp³-hybridized carbons (Fsp3) is 0. The van der Waals surface area contributed by atoms with Crippen molar-refractivity contribution in [3.63, 3.8) is 0 Å². The molecule has 3 aromatic rings. The Balaban J connectivity index is 1.81. The van der Waals surface area contributed by atoms with E-state index in [0.717, 1.165) is 22.3 Å². The van der Waals surface area contributed by atoms with Crippen molar-refractivity contribution in [2.45, 2.75) is 0 Å². The van der Waals surface area contributed by atoms with Gasteiger partial charge in [-0.25, -0.2) is 4.79 Å². The van der Waals surface area contributed by atoms with Gasteiger partial charge >= 0.3 is 18.1 Å². The van der Waals surface area contributed by atoms with Gasteiger partial charge in [-0.05, 0) is 46.5 Å². The minimum absolute atomic E-state index is 0.0358. The molecule has 3 rings (SSSR count). The summed E-state index contributed by atoms with van der Waals surface area (Å²) >= 11 is 0. The highest BCUT2D eigenvalue weighted by Crippen LogP contribution is 2.26. The fourth-order valence-electron chi connectivity index (χ4n) is 2.67. The lowest BCUT2D eigenvalue weighted by atomic mass is 9.98. The van der Waals surface area contributed by atoms with Gasteiger partial charge in [0.15, 0.2) is 0 Å². The second-order valence-electron chi connectivity index (χ2n) is 6.01. The van der Waals surface area contributed by atoms with Gasteiger partial charge in [-0.2, -0.15) is 13.2 Å². The first-order valence-corrected chi connectivity index (χ1v) is 8.53. The van der Waals surface area contributed by atoms with Crippen molar-refractivity contribution in [3.8, 4) is 16.9 Å². The molecular weight excluding hydrogens is 381 g/mol. The van der Waals surface area contributed by atoms with E-state index in [-0.39, 0.29) is 11.3 Å². The van der Waals surface area contributed by atoms with Crippen LogP contribution in [0.25, 0.3) is 23.3 Å². The third kappa shape index (κ3) is 5.13. The van der Waals surface area contributed by atoms with Crippen LogP contribution in [0.2, 0.25) is 0 Å². The zero-order valence-corrected chi connectivity index (χ0v) is 15.0. The van der Waals surface area contributed by atoms with Crippen LogP contribution in [0.3, 0.4) is 0 Å². The topological polar surface area (TPSA) is 46.5 Å². The first-order valence-electron chi connectivity index (χ1n) is 8.53. The molecule has 0 amide bonds. The number of ether oxygens (including phenoxy) is 1. The molecular formula is C23H15F3O3. The van der Waals surface area contributed by atoms with Gasteiger partial charge in [-0.1, -0.05) is 60.7 Å². The monoisotopic (exact) mass is 396 g/mol. The van der Waals surface area contributed by atoms with E-state index in [1.165, 1.54) is 12.1 Å². The van der Waals surface area contributed by atoms with Crippen LogP contribution >= 0.6 is 0 Å². The summed E-state index contributed by atoms with van der Waals surface area (Å²) in [5.74, 6) is -1.02. The molecule has 29 heavy (non-hydrogen) atoms. The molecule has 1 N–H and O–H groups in total. The maximum Gasteiger partial charge on any atom is 0.344 e.